The number of ether oxygens (including phenoxy) is 2. The van der Waals surface area contributed by atoms with Gasteiger partial charge in [0.25, 0.3) is 5.79 Å². The van der Waals surface area contributed by atoms with Gasteiger partial charge in [-0.2, -0.15) is 0 Å². The summed E-state index contributed by atoms with van der Waals surface area (Å²) in [7, 11) is 0. The lowest BCUT2D eigenvalue weighted by Crippen LogP contribution is -2.58. The summed E-state index contributed by atoms with van der Waals surface area (Å²) in [5.41, 5.74) is 0. The Hall–Kier alpha value is -0.280. The number of hydrogen-bond acceptors (Lipinski definition) is 7. The zero-order chi connectivity index (χ0) is 9.85. The van der Waals surface area contributed by atoms with Crippen LogP contribution in [0.25, 0.3) is 0 Å². The van der Waals surface area contributed by atoms with Gasteiger partial charge in [-0.15, -0.1) is 0 Å². The molecular formula is C6H10O7. The molecular weight excluding hydrogens is 184 g/mol. The van der Waals surface area contributed by atoms with Crippen LogP contribution < -0.4 is 0 Å². The van der Waals surface area contributed by atoms with E-state index in [0.717, 1.165) is 0 Å². The second-order valence-electron chi connectivity index (χ2n) is 3.15. The highest BCUT2D eigenvalue weighted by molar-refractivity contribution is 5.07. The highest BCUT2D eigenvalue weighted by Crippen LogP contribution is 2.52. The van der Waals surface area contributed by atoms with Gasteiger partial charge in [-0.25, -0.2) is 0 Å². The summed E-state index contributed by atoms with van der Waals surface area (Å²) in [6.07, 6.45) is -4.39. The van der Waals surface area contributed by atoms with Crippen molar-refractivity contribution >= 4 is 0 Å². The molecule has 13 heavy (non-hydrogen) atoms. The topological polar surface area (TPSA) is 123 Å². The van der Waals surface area contributed by atoms with E-state index in [2.05, 4.69) is 9.47 Å². The highest BCUT2D eigenvalue weighted by atomic mass is 17.0. The van der Waals surface area contributed by atoms with Crippen molar-refractivity contribution < 1.29 is 35.0 Å². The standard InChI is InChI=1S/C6H10O7/c7-1-2-3(8)4(9)5(10)6(11,12-2)13-5/h2-4,7-11H,1H2. The minimum Gasteiger partial charge on any atom is -0.394 e. The van der Waals surface area contributed by atoms with Gasteiger partial charge >= 0.3 is 5.97 Å². The van der Waals surface area contributed by atoms with Crippen LogP contribution in [-0.4, -0.2) is 62.2 Å². The number of aliphatic hydroxyl groups is 5. The Morgan fingerprint density at radius 3 is 2.38 bits per heavy atom. The molecule has 0 saturated carbocycles. The van der Waals surface area contributed by atoms with Gasteiger partial charge in [0.15, 0.2) is 0 Å². The molecule has 2 saturated heterocycles. The fraction of sp³-hybridized carbons (Fsp3) is 1.00. The van der Waals surface area contributed by atoms with Crippen LogP contribution in [-0.2, 0) is 9.47 Å². The second-order valence-corrected chi connectivity index (χ2v) is 3.15. The van der Waals surface area contributed by atoms with E-state index in [-0.39, 0.29) is 0 Å². The maximum Gasteiger partial charge on any atom is 0.344 e. The van der Waals surface area contributed by atoms with E-state index < -0.39 is 36.7 Å². The van der Waals surface area contributed by atoms with Crippen LogP contribution in [0.2, 0.25) is 0 Å². The first-order valence-electron chi connectivity index (χ1n) is 3.74. The lowest BCUT2D eigenvalue weighted by molar-refractivity contribution is -0.294. The third-order valence-electron chi connectivity index (χ3n) is 2.30. The van der Waals surface area contributed by atoms with E-state index in [0.29, 0.717) is 0 Å². The molecule has 2 heterocycles. The average molecular weight is 194 g/mol. The molecule has 0 aliphatic carbocycles. The molecule has 0 aromatic rings. The quantitative estimate of drug-likeness (QED) is 0.274. The lowest BCUT2D eigenvalue weighted by Gasteiger charge is -2.32. The molecule has 0 amide bonds. The maximum absolute atomic E-state index is 9.27. The summed E-state index contributed by atoms with van der Waals surface area (Å²) in [5.74, 6) is -4.59. The van der Waals surface area contributed by atoms with Crippen molar-refractivity contribution in [2.75, 3.05) is 6.61 Å². The van der Waals surface area contributed by atoms with E-state index in [4.69, 9.17) is 5.11 Å². The van der Waals surface area contributed by atoms with Crippen LogP contribution in [0, 0.1) is 0 Å². The summed E-state index contributed by atoms with van der Waals surface area (Å²) >= 11 is 0. The number of rotatable bonds is 1. The predicted molar refractivity (Wildman–Crippen MR) is 35.0 cm³/mol. The van der Waals surface area contributed by atoms with Crippen molar-refractivity contribution in [3.63, 3.8) is 0 Å². The van der Waals surface area contributed by atoms with Gasteiger partial charge in [-0.3, -0.25) is 4.74 Å². The summed E-state index contributed by atoms with van der Waals surface area (Å²) in [5, 5.41) is 45.6. The number of hydrogen-bond donors (Lipinski definition) is 5. The van der Waals surface area contributed by atoms with Crippen molar-refractivity contribution in [3.8, 4) is 0 Å². The fourth-order valence-electron chi connectivity index (χ4n) is 1.40. The molecule has 0 aromatic carbocycles. The van der Waals surface area contributed by atoms with Gasteiger partial charge in [0.2, 0.25) is 0 Å². The highest BCUT2D eigenvalue weighted by Gasteiger charge is 2.81. The average Bonchev–Trinajstić information content (AvgIpc) is 2.64. The van der Waals surface area contributed by atoms with Crippen molar-refractivity contribution in [2.45, 2.75) is 30.1 Å². The van der Waals surface area contributed by atoms with Gasteiger partial charge in [-0.1, -0.05) is 0 Å². The van der Waals surface area contributed by atoms with Gasteiger partial charge in [-0.05, 0) is 0 Å². The monoisotopic (exact) mass is 194 g/mol. The van der Waals surface area contributed by atoms with Gasteiger partial charge in [0, 0.05) is 0 Å². The summed E-state index contributed by atoms with van der Waals surface area (Å²) in [6.45, 7) is -0.597. The zero-order valence-corrected chi connectivity index (χ0v) is 6.49. The van der Waals surface area contributed by atoms with E-state index in [1.54, 1.807) is 0 Å². The van der Waals surface area contributed by atoms with E-state index in [1.165, 1.54) is 0 Å². The molecule has 7 heteroatoms. The van der Waals surface area contributed by atoms with Crippen LogP contribution in [0.4, 0.5) is 0 Å². The first-order valence-corrected chi connectivity index (χ1v) is 3.74. The largest absolute Gasteiger partial charge is 0.394 e. The molecule has 7 nitrogen and oxygen atoms in total. The van der Waals surface area contributed by atoms with Crippen molar-refractivity contribution in [1.82, 2.24) is 0 Å². The molecule has 0 bridgehead atoms. The summed E-state index contributed by atoms with van der Waals surface area (Å²) in [4.78, 5) is 0. The Kier molecular flexibility index (Phi) is 1.71. The van der Waals surface area contributed by atoms with Gasteiger partial charge in [0.05, 0.1) is 6.61 Å². The maximum atomic E-state index is 9.27. The Morgan fingerprint density at radius 2 is 1.85 bits per heavy atom. The Morgan fingerprint density at radius 1 is 1.23 bits per heavy atom. The third kappa shape index (κ3) is 0.974. The predicted octanol–water partition coefficient (Wildman–Crippen LogP) is -3.54. The molecule has 2 rings (SSSR count). The van der Waals surface area contributed by atoms with Crippen LogP contribution >= 0.6 is 0 Å². The molecule has 0 aromatic heterocycles. The first-order chi connectivity index (χ1) is 5.94. The minimum atomic E-state index is -2.31. The van der Waals surface area contributed by atoms with Crippen molar-refractivity contribution in [3.05, 3.63) is 0 Å². The van der Waals surface area contributed by atoms with Crippen LogP contribution in [0.5, 0.6) is 0 Å². The molecule has 5 atom stereocenters. The first kappa shape index (κ1) is 9.28. The smallest absolute Gasteiger partial charge is 0.344 e. The fourth-order valence-corrected chi connectivity index (χ4v) is 1.40. The molecule has 5 unspecified atom stereocenters. The summed E-state index contributed by atoms with van der Waals surface area (Å²) < 4.78 is 8.94. The normalized spacial score (nSPS) is 60.2. The van der Waals surface area contributed by atoms with Crippen LogP contribution in [0.15, 0.2) is 0 Å². The number of fused-ring (bicyclic) bond motifs is 1. The van der Waals surface area contributed by atoms with Crippen LogP contribution in [0.3, 0.4) is 0 Å². The Labute approximate surface area is 72.8 Å². The molecule has 0 radical (unpaired) electrons. The lowest BCUT2D eigenvalue weighted by atomic mass is 9.99. The second kappa shape index (κ2) is 2.39. The molecule has 2 fully saturated rings. The minimum absolute atomic E-state index is 0.597. The van der Waals surface area contributed by atoms with E-state index >= 15 is 0 Å². The third-order valence-corrected chi connectivity index (χ3v) is 2.30. The Bertz CT molecular complexity index is 233. The Balaban J connectivity index is 2.21. The van der Waals surface area contributed by atoms with Crippen LogP contribution in [0.1, 0.15) is 0 Å². The SMILES string of the molecule is OCC1OC2(O)OC2(O)C(O)C1O. The van der Waals surface area contributed by atoms with Crippen molar-refractivity contribution in [2.24, 2.45) is 0 Å². The number of epoxide rings is 1. The van der Waals surface area contributed by atoms with E-state index in [1.807, 2.05) is 0 Å². The molecule has 76 valence electrons. The number of aliphatic hydroxyl groups excluding tert-OH is 3. The zero-order valence-electron chi connectivity index (χ0n) is 6.49. The molecule has 2 aliphatic rings. The van der Waals surface area contributed by atoms with Gasteiger partial charge in [0.1, 0.15) is 18.3 Å². The van der Waals surface area contributed by atoms with Crippen molar-refractivity contribution in [1.29, 1.82) is 0 Å². The van der Waals surface area contributed by atoms with E-state index in [9.17, 15) is 20.4 Å². The molecule has 5 N–H and O–H groups in total. The molecule has 0 spiro atoms. The molecule has 2 aliphatic heterocycles. The summed E-state index contributed by atoms with van der Waals surface area (Å²) in [6, 6.07) is 0. The van der Waals surface area contributed by atoms with Gasteiger partial charge < -0.3 is 30.3 Å².